The van der Waals surface area contributed by atoms with Gasteiger partial charge < -0.3 is 4.79 Å². The second kappa shape index (κ2) is 5.70. The molecule has 0 amide bonds. The first-order chi connectivity index (χ1) is 6.36. The Morgan fingerprint density at radius 3 is 2.92 bits per heavy atom. The van der Waals surface area contributed by atoms with Crippen LogP contribution in [0.15, 0.2) is 30.3 Å². The first-order valence-corrected chi connectivity index (χ1v) is 5.24. The molecular formula is C11H11BrO. The van der Waals surface area contributed by atoms with Crippen LogP contribution in [0.1, 0.15) is 17.5 Å². The molecule has 2 heteroatoms. The third-order valence-corrected chi connectivity index (χ3v) is 2.30. The Hall–Kier alpha value is -0.890. The molecule has 0 bridgehead atoms. The fraction of sp³-hybridized carbons (Fsp3) is 0.182. The second-order valence-electron chi connectivity index (χ2n) is 2.68. The maximum absolute atomic E-state index is 10.1. The van der Waals surface area contributed by atoms with Crippen LogP contribution in [0.25, 0.3) is 6.08 Å². The van der Waals surface area contributed by atoms with Crippen LogP contribution >= 0.6 is 15.9 Å². The molecule has 1 aromatic carbocycles. The zero-order valence-corrected chi connectivity index (χ0v) is 8.83. The van der Waals surface area contributed by atoms with E-state index in [0.29, 0.717) is 6.42 Å². The van der Waals surface area contributed by atoms with E-state index in [9.17, 15) is 4.79 Å². The molecule has 0 aromatic heterocycles. The first-order valence-electron chi connectivity index (χ1n) is 4.12. The Balaban J connectivity index is 2.71. The first kappa shape index (κ1) is 10.2. The van der Waals surface area contributed by atoms with Crippen LogP contribution in [0.3, 0.4) is 0 Å². The van der Waals surface area contributed by atoms with E-state index in [1.807, 2.05) is 24.3 Å². The summed E-state index contributed by atoms with van der Waals surface area (Å²) in [4.78, 5) is 10.1. The van der Waals surface area contributed by atoms with E-state index in [1.165, 1.54) is 5.56 Å². The summed E-state index contributed by atoms with van der Waals surface area (Å²) < 4.78 is 0. The van der Waals surface area contributed by atoms with Gasteiger partial charge >= 0.3 is 0 Å². The van der Waals surface area contributed by atoms with Crippen molar-refractivity contribution in [1.82, 2.24) is 0 Å². The van der Waals surface area contributed by atoms with Gasteiger partial charge in [0.1, 0.15) is 6.29 Å². The topological polar surface area (TPSA) is 17.1 Å². The number of halogens is 1. The number of aldehydes is 1. The van der Waals surface area contributed by atoms with Crippen LogP contribution in [-0.2, 0) is 10.1 Å². The molecule has 0 heterocycles. The number of hydrogen-bond acceptors (Lipinski definition) is 1. The number of carbonyl (C=O) groups excluding carboxylic acids is 1. The van der Waals surface area contributed by atoms with Crippen LogP contribution in [0, 0.1) is 0 Å². The van der Waals surface area contributed by atoms with E-state index in [2.05, 4.69) is 28.1 Å². The van der Waals surface area contributed by atoms with Crippen LogP contribution < -0.4 is 0 Å². The van der Waals surface area contributed by atoms with Crippen molar-refractivity contribution in [2.45, 2.75) is 11.8 Å². The largest absolute Gasteiger partial charge is 0.303 e. The molecule has 1 aromatic rings. The molecule has 0 saturated carbocycles. The van der Waals surface area contributed by atoms with Crippen molar-refractivity contribution in [3.8, 4) is 0 Å². The van der Waals surface area contributed by atoms with Crippen LogP contribution in [0.5, 0.6) is 0 Å². The van der Waals surface area contributed by atoms with E-state index in [1.54, 1.807) is 0 Å². The molecule has 0 aliphatic rings. The van der Waals surface area contributed by atoms with Crippen molar-refractivity contribution in [3.63, 3.8) is 0 Å². The SMILES string of the molecule is O=CCC=Cc1cccc(CBr)c1. The van der Waals surface area contributed by atoms with Gasteiger partial charge in [-0.1, -0.05) is 52.3 Å². The van der Waals surface area contributed by atoms with Gasteiger partial charge in [-0.15, -0.1) is 0 Å². The zero-order valence-electron chi connectivity index (χ0n) is 7.24. The van der Waals surface area contributed by atoms with Gasteiger partial charge in [-0.05, 0) is 11.1 Å². The van der Waals surface area contributed by atoms with E-state index in [-0.39, 0.29) is 0 Å². The van der Waals surface area contributed by atoms with E-state index in [4.69, 9.17) is 0 Å². The molecule has 1 nitrogen and oxygen atoms in total. The van der Waals surface area contributed by atoms with E-state index >= 15 is 0 Å². The summed E-state index contributed by atoms with van der Waals surface area (Å²) in [6.45, 7) is 0. The van der Waals surface area contributed by atoms with Crippen molar-refractivity contribution in [2.24, 2.45) is 0 Å². The lowest BCUT2D eigenvalue weighted by Gasteiger charge is -1.96. The average molecular weight is 239 g/mol. The predicted octanol–water partition coefficient (Wildman–Crippen LogP) is 3.18. The Morgan fingerprint density at radius 1 is 1.38 bits per heavy atom. The highest BCUT2D eigenvalue weighted by molar-refractivity contribution is 9.08. The van der Waals surface area contributed by atoms with E-state index in [0.717, 1.165) is 17.2 Å². The molecule has 0 radical (unpaired) electrons. The minimum Gasteiger partial charge on any atom is -0.303 e. The summed E-state index contributed by atoms with van der Waals surface area (Å²) in [5, 5.41) is 0.863. The minimum absolute atomic E-state index is 0.485. The Labute approximate surface area is 86.6 Å². The minimum atomic E-state index is 0.485. The summed E-state index contributed by atoms with van der Waals surface area (Å²) in [6.07, 6.45) is 5.20. The Kier molecular flexibility index (Phi) is 4.47. The maximum Gasteiger partial charge on any atom is 0.123 e. The molecule has 0 aliphatic carbocycles. The lowest BCUT2D eigenvalue weighted by Crippen LogP contribution is -1.78. The molecule has 13 heavy (non-hydrogen) atoms. The third kappa shape index (κ3) is 3.55. The van der Waals surface area contributed by atoms with Gasteiger partial charge in [0.05, 0.1) is 0 Å². The third-order valence-electron chi connectivity index (χ3n) is 1.65. The van der Waals surface area contributed by atoms with Crippen molar-refractivity contribution in [2.75, 3.05) is 0 Å². The average Bonchev–Trinajstić information content (AvgIpc) is 2.19. The van der Waals surface area contributed by atoms with Crippen LogP contribution in [-0.4, -0.2) is 6.29 Å². The van der Waals surface area contributed by atoms with Gasteiger partial charge in [-0.2, -0.15) is 0 Å². The number of benzene rings is 1. The van der Waals surface area contributed by atoms with Gasteiger partial charge in [0.25, 0.3) is 0 Å². The normalized spacial score (nSPS) is 10.5. The van der Waals surface area contributed by atoms with Gasteiger partial charge in [0.15, 0.2) is 0 Å². The van der Waals surface area contributed by atoms with Crippen LogP contribution in [0.4, 0.5) is 0 Å². The van der Waals surface area contributed by atoms with Gasteiger partial charge in [0, 0.05) is 11.8 Å². The fourth-order valence-corrected chi connectivity index (χ4v) is 1.39. The molecule has 0 spiro atoms. The van der Waals surface area contributed by atoms with Crippen molar-refractivity contribution in [3.05, 3.63) is 41.5 Å². The summed E-state index contributed by atoms with van der Waals surface area (Å²) in [5.41, 5.74) is 2.38. The number of alkyl halides is 1. The summed E-state index contributed by atoms with van der Waals surface area (Å²) in [7, 11) is 0. The smallest absolute Gasteiger partial charge is 0.123 e. The maximum atomic E-state index is 10.1. The van der Waals surface area contributed by atoms with Crippen molar-refractivity contribution >= 4 is 28.3 Å². The van der Waals surface area contributed by atoms with E-state index < -0.39 is 0 Å². The fourth-order valence-electron chi connectivity index (χ4n) is 1.04. The number of carbonyl (C=O) groups is 1. The lowest BCUT2D eigenvalue weighted by atomic mass is 10.1. The van der Waals surface area contributed by atoms with Crippen molar-refractivity contribution in [1.29, 1.82) is 0 Å². The second-order valence-corrected chi connectivity index (χ2v) is 3.24. The van der Waals surface area contributed by atoms with Crippen LogP contribution in [0.2, 0.25) is 0 Å². The molecule has 1 rings (SSSR count). The predicted molar refractivity (Wildman–Crippen MR) is 58.8 cm³/mol. The Bertz CT molecular complexity index is 305. The number of rotatable bonds is 4. The zero-order chi connectivity index (χ0) is 9.52. The molecule has 0 fully saturated rings. The number of allylic oxidation sites excluding steroid dienone is 1. The Morgan fingerprint density at radius 2 is 2.23 bits per heavy atom. The summed E-state index contributed by atoms with van der Waals surface area (Å²) >= 11 is 3.39. The lowest BCUT2D eigenvalue weighted by molar-refractivity contribution is -0.107. The molecule has 0 saturated heterocycles. The van der Waals surface area contributed by atoms with Gasteiger partial charge in [-0.25, -0.2) is 0 Å². The highest BCUT2D eigenvalue weighted by Crippen LogP contribution is 2.10. The molecule has 68 valence electrons. The highest BCUT2D eigenvalue weighted by atomic mass is 79.9. The standard InChI is InChI=1S/C11H11BrO/c12-9-11-6-3-5-10(8-11)4-1-2-7-13/h1,3-8H,2,9H2. The molecule has 0 unspecified atom stereocenters. The molecular weight excluding hydrogens is 228 g/mol. The number of hydrogen-bond donors (Lipinski definition) is 0. The van der Waals surface area contributed by atoms with Gasteiger partial charge in [0.2, 0.25) is 0 Å². The summed E-state index contributed by atoms with van der Waals surface area (Å²) in [6, 6.07) is 8.19. The van der Waals surface area contributed by atoms with Gasteiger partial charge in [-0.3, -0.25) is 0 Å². The summed E-state index contributed by atoms with van der Waals surface area (Å²) in [5.74, 6) is 0. The molecule has 0 atom stereocenters. The van der Waals surface area contributed by atoms with Crippen molar-refractivity contribution < 1.29 is 4.79 Å². The quantitative estimate of drug-likeness (QED) is 0.582. The monoisotopic (exact) mass is 238 g/mol. The molecule has 0 N–H and O–H groups in total. The molecule has 0 aliphatic heterocycles. The highest BCUT2D eigenvalue weighted by Gasteiger charge is 1.90.